The molecule has 0 aliphatic rings. The third-order valence-electron chi connectivity index (χ3n) is 1.73. The van der Waals surface area contributed by atoms with Crippen molar-refractivity contribution < 1.29 is 9.29 Å². The van der Waals surface area contributed by atoms with Gasteiger partial charge in [0.1, 0.15) is 32.6 Å². The monoisotopic (exact) mass is 319 g/mol. The standard InChI is InChI=1S/C10H14BrN3O2S/c1-10(2,3)17(15)13-5-7-9(16-4)14-8(11)6-12-7/h5-6H,1-4H3. The summed E-state index contributed by atoms with van der Waals surface area (Å²) >= 11 is 1.87. The summed E-state index contributed by atoms with van der Waals surface area (Å²) in [5.74, 6) is 0.342. The van der Waals surface area contributed by atoms with Crippen molar-refractivity contribution in [1.82, 2.24) is 9.97 Å². The summed E-state index contributed by atoms with van der Waals surface area (Å²) < 4.78 is 20.9. The molecule has 0 aliphatic heterocycles. The van der Waals surface area contributed by atoms with Crippen molar-refractivity contribution in [3.63, 3.8) is 0 Å². The molecule has 0 spiro atoms. The fourth-order valence-electron chi connectivity index (χ4n) is 0.856. The number of aromatic nitrogens is 2. The Labute approximate surface area is 112 Å². The van der Waals surface area contributed by atoms with Crippen LogP contribution in [-0.2, 0) is 11.4 Å². The Kier molecular flexibility index (Phi) is 4.91. The predicted octanol–water partition coefficient (Wildman–Crippen LogP) is 2.13. The van der Waals surface area contributed by atoms with Crippen molar-refractivity contribution in [2.24, 2.45) is 4.40 Å². The highest BCUT2D eigenvalue weighted by molar-refractivity contribution is 9.10. The van der Waals surface area contributed by atoms with Gasteiger partial charge in [-0.1, -0.05) is 4.40 Å². The molecule has 0 amide bonds. The van der Waals surface area contributed by atoms with Crippen LogP contribution in [0, 0.1) is 0 Å². The zero-order chi connectivity index (χ0) is 13.1. The van der Waals surface area contributed by atoms with Crippen LogP contribution in [0.4, 0.5) is 0 Å². The first-order valence-corrected chi connectivity index (χ1v) is 6.77. The zero-order valence-electron chi connectivity index (χ0n) is 10.1. The predicted molar refractivity (Wildman–Crippen MR) is 71.8 cm³/mol. The summed E-state index contributed by atoms with van der Waals surface area (Å²) in [6.07, 6.45) is 2.95. The fourth-order valence-corrected chi connectivity index (χ4v) is 1.63. The van der Waals surface area contributed by atoms with Crippen molar-refractivity contribution in [3.8, 4) is 5.88 Å². The second-order valence-electron chi connectivity index (χ2n) is 4.18. The topological polar surface area (TPSA) is 70.4 Å². The van der Waals surface area contributed by atoms with Gasteiger partial charge in [-0.15, -0.1) is 0 Å². The van der Waals surface area contributed by atoms with Crippen LogP contribution >= 0.6 is 15.9 Å². The first kappa shape index (κ1) is 14.4. The molecule has 17 heavy (non-hydrogen) atoms. The number of methoxy groups -OCH3 is 1. The lowest BCUT2D eigenvalue weighted by Crippen LogP contribution is -2.25. The van der Waals surface area contributed by atoms with Crippen molar-refractivity contribution >= 4 is 33.5 Å². The molecule has 0 fully saturated rings. The van der Waals surface area contributed by atoms with Gasteiger partial charge in [-0.3, -0.25) is 0 Å². The van der Waals surface area contributed by atoms with E-state index in [1.165, 1.54) is 19.5 Å². The van der Waals surface area contributed by atoms with Crippen molar-refractivity contribution in [2.75, 3.05) is 7.11 Å². The summed E-state index contributed by atoms with van der Waals surface area (Å²) in [5, 5.41) is 0. The number of halogens is 1. The Morgan fingerprint density at radius 2 is 2.18 bits per heavy atom. The molecule has 0 saturated carbocycles. The minimum Gasteiger partial charge on any atom is -0.591 e. The molecule has 1 aromatic heterocycles. The van der Waals surface area contributed by atoms with Gasteiger partial charge < -0.3 is 9.29 Å². The lowest BCUT2D eigenvalue weighted by Gasteiger charge is -2.17. The first-order chi connectivity index (χ1) is 7.84. The van der Waals surface area contributed by atoms with Gasteiger partial charge in [0.25, 0.3) is 0 Å². The molecule has 0 bridgehead atoms. The quantitative estimate of drug-likeness (QED) is 0.632. The Morgan fingerprint density at radius 1 is 1.53 bits per heavy atom. The maximum absolute atomic E-state index is 11.7. The normalized spacial score (nSPS) is 14.0. The highest BCUT2D eigenvalue weighted by atomic mass is 79.9. The van der Waals surface area contributed by atoms with E-state index in [1.807, 2.05) is 20.8 Å². The van der Waals surface area contributed by atoms with Gasteiger partial charge >= 0.3 is 0 Å². The molecule has 0 N–H and O–H groups in total. The number of nitrogens with zero attached hydrogens (tertiary/aromatic N) is 3. The minimum atomic E-state index is -1.32. The molecular formula is C10H14BrN3O2S. The van der Waals surface area contributed by atoms with Gasteiger partial charge in [0.2, 0.25) is 5.88 Å². The van der Waals surface area contributed by atoms with Crippen LogP contribution in [0.5, 0.6) is 5.88 Å². The molecule has 1 heterocycles. The van der Waals surface area contributed by atoms with E-state index in [2.05, 4.69) is 30.3 Å². The van der Waals surface area contributed by atoms with Gasteiger partial charge in [-0.25, -0.2) is 9.97 Å². The van der Waals surface area contributed by atoms with Gasteiger partial charge in [0.15, 0.2) is 0 Å². The minimum absolute atomic E-state index is 0.342. The van der Waals surface area contributed by atoms with Crippen LogP contribution in [0.15, 0.2) is 15.2 Å². The highest BCUT2D eigenvalue weighted by Crippen LogP contribution is 2.18. The highest BCUT2D eigenvalue weighted by Gasteiger charge is 2.26. The van der Waals surface area contributed by atoms with Gasteiger partial charge in [0, 0.05) is 0 Å². The van der Waals surface area contributed by atoms with Crippen LogP contribution in [0.25, 0.3) is 0 Å². The van der Waals surface area contributed by atoms with Crippen molar-refractivity contribution in [1.29, 1.82) is 0 Å². The molecule has 0 radical (unpaired) electrons. The summed E-state index contributed by atoms with van der Waals surface area (Å²) in [7, 11) is 1.49. The van der Waals surface area contributed by atoms with E-state index < -0.39 is 16.1 Å². The summed E-state index contributed by atoms with van der Waals surface area (Å²) in [4.78, 5) is 8.16. The van der Waals surface area contributed by atoms with Crippen LogP contribution in [0.2, 0.25) is 0 Å². The molecule has 0 saturated heterocycles. The van der Waals surface area contributed by atoms with Crippen LogP contribution in [-0.4, -0.2) is 32.6 Å². The number of ether oxygens (including phenoxy) is 1. The fraction of sp³-hybridized carbons (Fsp3) is 0.500. The molecule has 0 aromatic carbocycles. The second kappa shape index (κ2) is 5.79. The van der Waals surface area contributed by atoms with E-state index in [1.54, 1.807) is 0 Å². The zero-order valence-corrected chi connectivity index (χ0v) is 12.5. The SMILES string of the molecule is COc1nc(Br)cnc1C=N[S+]([O-])C(C)(C)C. The average molecular weight is 320 g/mol. The largest absolute Gasteiger partial charge is 0.591 e. The van der Waals surface area contributed by atoms with E-state index >= 15 is 0 Å². The van der Waals surface area contributed by atoms with Gasteiger partial charge in [-0.2, -0.15) is 0 Å². The number of hydrogen-bond acceptors (Lipinski definition) is 5. The molecule has 5 nitrogen and oxygen atoms in total. The number of hydrogen-bond donors (Lipinski definition) is 0. The Morgan fingerprint density at radius 3 is 2.71 bits per heavy atom. The molecular weight excluding hydrogens is 306 g/mol. The van der Waals surface area contributed by atoms with Crippen molar-refractivity contribution in [3.05, 3.63) is 16.5 Å². The first-order valence-electron chi connectivity index (χ1n) is 4.87. The summed E-state index contributed by atoms with van der Waals surface area (Å²) in [6.45, 7) is 5.56. The van der Waals surface area contributed by atoms with E-state index in [0.29, 0.717) is 16.2 Å². The maximum atomic E-state index is 11.7. The summed E-state index contributed by atoms with van der Waals surface area (Å²) in [5.41, 5.74) is 0.452. The van der Waals surface area contributed by atoms with E-state index in [9.17, 15) is 4.55 Å². The van der Waals surface area contributed by atoms with Crippen LogP contribution in [0.1, 0.15) is 26.5 Å². The Balaban J connectivity index is 2.92. The molecule has 1 aromatic rings. The van der Waals surface area contributed by atoms with Gasteiger partial charge in [0.05, 0.1) is 13.3 Å². The maximum Gasteiger partial charge on any atom is 0.242 e. The van der Waals surface area contributed by atoms with Crippen LogP contribution < -0.4 is 4.74 Å². The van der Waals surface area contributed by atoms with Crippen LogP contribution in [0.3, 0.4) is 0 Å². The van der Waals surface area contributed by atoms with Crippen molar-refractivity contribution in [2.45, 2.75) is 25.5 Å². The van der Waals surface area contributed by atoms with E-state index in [0.717, 1.165) is 0 Å². The molecule has 1 atom stereocenters. The molecule has 0 aliphatic carbocycles. The molecule has 7 heteroatoms. The number of rotatable bonds is 3. The Hall–Kier alpha value is -0.660. The summed E-state index contributed by atoms with van der Waals surface area (Å²) in [6, 6.07) is 0. The smallest absolute Gasteiger partial charge is 0.242 e. The third-order valence-corrected chi connectivity index (χ3v) is 3.45. The molecule has 1 rings (SSSR count). The Bertz CT molecular complexity index is 421. The van der Waals surface area contributed by atoms with E-state index in [4.69, 9.17) is 4.74 Å². The lowest BCUT2D eigenvalue weighted by molar-refractivity contribution is 0.394. The second-order valence-corrected chi connectivity index (χ2v) is 6.93. The molecule has 1 unspecified atom stereocenters. The third kappa shape index (κ3) is 4.25. The van der Waals surface area contributed by atoms with E-state index in [-0.39, 0.29) is 0 Å². The average Bonchev–Trinajstić information content (AvgIpc) is 2.25. The lowest BCUT2D eigenvalue weighted by atomic mass is 10.3. The molecule has 94 valence electrons. The van der Waals surface area contributed by atoms with Gasteiger partial charge in [-0.05, 0) is 36.7 Å².